The SMILES string of the molecule is CC(C)c1cccc(C(C)C)c1Nc1c([N+](=O)[O-])ccc(-c2c(O)ccc3ccccc23)c1F. The maximum Gasteiger partial charge on any atom is 0.295 e. The number of fused-ring (bicyclic) bond motifs is 1. The van der Waals surface area contributed by atoms with Gasteiger partial charge in [-0.2, -0.15) is 0 Å². The van der Waals surface area contributed by atoms with Gasteiger partial charge in [0.2, 0.25) is 0 Å². The molecule has 0 amide bonds. The minimum Gasteiger partial charge on any atom is -0.507 e. The Morgan fingerprint density at radius 3 is 2.12 bits per heavy atom. The highest BCUT2D eigenvalue weighted by Crippen LogP contribution is 2.44. The summed E-state index contributed by atoms with van der Waals surface area (Å²) in [7, 11) is 0. The van der Waals surface area contributed by atoms with Gasteiger partial charge in [0, 0.05) is 22.9 Å². The summed E-state index contributed by atoms with van der Waals surface area (Å²) in [6.45, 7) is 8.11. The summed E-state index contributed by atoms with van der Waals surface area (Å²) < 4.78 is 16.2. The Balaban J connectivity index is 2.00. The van der Waals surface area contributed by atoms with Gasteiger partial charge in [-0.1, -0.05) is 76.2 Å². The lowest BCUT2D eigenvalue weighted by atomic mass is 9.92. The zero-order chi connectivity index (χ0) is 24.6. The highest BCUT2D eigenvalue weighted by Gasteiger charge is 2.26. The monoisotopic (exact) mass is 458 g/mol. The van der Waals surface area contributed by atoms with Crippen molar-refractivity contribution in [3.8, 4) is 16.9 Å². The second-order valence-electron chi connectivity index (χ2n) is 9.01. The van der Waals surface area contributed by atoms with E-state index in [-0.39, 0.29) is 34.5 Å². The summed E-state index contributed by atoms with van der Waals surface area (Å²) in [5.41, 5.74) is 2.37. The molecule has 0 bridgehead atoms. The largest absolute Gasteiger partial charge is 0.507 e. The second kappa shape index (κ2) is 9.14. The number of nitrogens with one attached hydrogen (secondary N) is 1. The molecule has 0 saturated carbocycles. The normalized spacial score (nSPS) is 11.4. The van der Waals surface area contributed by atoms with Gasteiger partial charge in [-0.3, -0.25) is 10.1 Å². The number of aromatic hydroxyl groups is 1. The fraction of sp³-hybridized carbons (Fsp3) is 0.214. The van der Waals surface area contributed by atoms with Gasteiger partial charge in [0.1, 0.15) is 5.75 Å². The molecule has 0 heterocycles. The molecule has 2 N–H and O–H groups in total. The van der Waals surface area contributed by atoms with E-state index < -0.39 is 10.7 Å². The summed E-state index contributed by atoms with van der Waals surface area (Å²) in [5, 5.41) is 27.1. The molecular weight excluding hydrogens is 431 g/mol. The second-order valence-corrected chi connectivity index (χ2v) is 9.01. The Kier molecular flexibility index (Phi) is 6.24. The van der Waals surface area contributed by atoms with E-state index in [9.17, 15) is 15.2 Å². The van der Waals surface area contributed by atoms with Gasteiger partial charge >= 0.3 is 0 Å². The number of nitro benzene ring substituents is 1. The number of phenols is 1. The van der Waals surface area contributed by atoms with Gasteiger partial charge in [0.15, 0.2) is 11.5 Å². The molecule has 0 aliphatic rings. The zero-order valence-corrected chi connectivity index (χ0v) is 19.6. The molecule has 4 rings (SSSR count). The van der Waals surface area contributed by atoms with E-state index in [0.717, 1.165) is 16.5 Å². The van der Waals surface area contributed by atoms with Crippen LogP contribution in [0.5, 0.6) is 5.75 Å². The van der Waals surface area contributed by atoms with Crippen LogP contribution in [0, 0.1) is 15.9 Å². The van der Waals surface area contributed by atoms with E-state index in [0.29, 0.717) is 16.6 Å². The van der Waals surface area contributed by atoms with Crippen molar-refractivity contribution >= 4 is 27.8 Å². The number of hydrogen-bond donors (Lipinski definition) is 2. The zero-order valence-electron chi connectivity index (χ0n) is 19.6. The molecule has 6 heteroatoms. The third kappa shape index (κ3) is 4.07. The van der Waals surface area contributed by atoms with E-state index >= 15 is 4.39 Å². The van der Waals surface area contributed by atoms with Crippen LogP contribution in [-0.4, -0.2) is 10.0 Å². The van der Waals surface area contributed by atoms with Crippen LogP contribution in [0.2, 0.25) is 0 Å². The van der Waals surface area contributed by atoms with Crippen LogP contribution in [0.4, 0.5) is 21.5 Å². The average Bonchev–Trinajstić information content (AvgIpc) is 2.80. The molecule has 4 aromatic carbocycles. The molecule has 0 aliphatic carbocycles. The number of nitro groups is 1. The summed E-state index contributed by atoms with van der Waals surface area (Å²) in [4.78, 5) is 11.3. The highest BCUT2D eigenvalue weighted by molar-refractivity contribution is 6.00. The summed E-state index contributed by atoms with van der Waals surface area (Å²) in [6.07, 6.45) is 0. The minimum atomic E-state index is -0.783. The van der Waals surface area contributed by atoms with E-state index in [4.69, 9.17) is 0 Å². The summed E-state index contributed by atoms with van der Waals surface area (Å²) in [5.74, 6) is -0.640. The first-order chi connectivity index (χ1) is 16.2. The fourth-order valence-corrected chi connectivity index (χ4v) is 4.39. The number of phenolic OH excluding ortho intramolecular Hbond substituents is 1. The van der Waals surface area contributed by atoms with Crippen LogP contribution < -0.4 is 5.32 Å². The molecule has 0 fully saturated rings. The van der Waals surface area contributed by atoms with Crippen LogP contribution in [0.1, 0.15) is 50.7 Å². The van der Waals surface area contributed by atoms with Crippen LogP contribution in [0.25, 0.3) is 21.9 Å². The number of para-hydroxylation sites is 1. The third-order valence-corrected chi connectivity index (χ3v) is 6.12. The lowest BCUT2D eigenvalue weighted by Crippen LogP contribution is -2.07. The van der Waals surface area contributed by atoms with E-state index in [2.05, 4.69) is 5.32 Å². The van der Waals surface area contributed by atoms with Crippen molar-refractivity contribution in [1.82, 2.24) is 0 Å². The van der Waals surface area contributed by atoms with E-state index in [1.54, 1.807) is 12.1 Å². The van der Waals surface area contributed by atoms with Gasteiger partial charge in [0.25, 0.3) is 5.69 Å². The van der Waals surface area contributed by atoms with E-state index in [1.165, 1.54) is 18.2 Å². The van der Waals surface area contributed by atoms with Crippen molar-refractivity contribution in [2.75, 3.05) is 5.32 Å². The predicted molar refractivity (Wildman–Crippen MR) is 136 cm³/mol. The average molecular weight is 459 g/mol. The van der Waals surface area contributed by atoms with Crippen LogP contribution in [0.15, 0.2) is 66.7 Å². The van der Waals surface area contributed by atoms with Crippen molar-refractivity contribution in [1.29, 1.82) is 0 Å². The lowest BCUT2D eigenvalue weighted by Gasteiger charge is -2.22. The van der Waals surface area contributed by atoms with Crippen molar-refractivity contribution in [2.45, 2.75) is 39.5 Å². The Hall–Kier alpha value is -3.93. The summed E-state index contributed by atoms with van der Waals surface area (Å²) in [6, 6.07) is 19.1. The van der Waals surface area contributed by atoms with E-state index in [1.807, 2.05) is 64.1 Å². The first kappa shape index (κ1) is 23.2. The Labute approximate surface area is 198 Å². The molecule has 5 nitrogen and oxygen atoms in total. The highest BCUT2D eigenvalue weighted by atomic mass is 19.1. The quantitative estimate of drug-likeness (QED) is 0.225. The number of benzene rings is 4. The number of anilines is 2. The molecule has 0 aliphatic heterocycles. The van der Waals surface area contributed by atoms with Gasteiger partial charge in [-0.05, 0) is 45.9 Å². The molecule has 174 valence electrons. The maximum absolute atomic E-state index is 16.2. The van der Waals surface area contributed by atoms with Crippen molar-refractivity contribution in [3.63, 3.8) is 0 Å². The van der Waals surface area contributed by atoms with Crippen molar-refractivity contribution < 1.29 is 14.4 Å². The molecule has 34 heavy (non-hydrogen) atoms. The van der Waals surface area contributed by atoms with Crippen LogP contribution >= 0.6 is 0 Å². The minimum absolute atomic E-state index is 0.0931. The fourth-order valence-electron chi connectivity index (χ4n) is 4.39. The molecule has 0 aromatic heterocycles. The molecule has 0 unspecified atom stereocenters. The number of halogens is 1. The van der Waals surface area contributed by atoms with Gasteiger partial charge < -0.3 is 10.4 Å². The standard InChI is InChI=1S/C28H27FN2O3/c1-16(2)19-10-7-11-20(17(3)4)27(19)30-28-23(31(33)34)14-13-22(26(28)29)25-21-9-6-5-8-18(21)12-15-24(25)32/h5-17,30,32H,1-4H3. The Bertz CT molecular complexity index is 1370. The predicted octanol–water partition coefficient (Wildman–Crippen LogP) is 8.25. The number of nitrogens with zero attached hydrogens (tertiary/aromatic N) is 1. The molecule has 0 radical (unpaired) electrons. The Morgan fingerprint density at radius 1 is 0.853 bits per heavy atom. The first-order valence-electron chi connectivity index (χ1n) is 11.3. The molecule has 0 spiro atoms. The first-order valence-corrected chi connectivity index (χ1v) is 11.3. The maximum atomic E-state index is 16.2. The smallest absolute Gasteiger partial charge is 0.295 e. The van der Waals surface area contributed by atoms with Crippen LogP contribution in [-0.2, 0) is 0 Å². The van der Waals surface area contributed by atoms with Crippen molar-refractivity contribution in [2.24, 2.45) is 0 Å². The van der Waals surface area contributed by atoms with Gasteiger partial charge in [0.05, 0.1) is 4.92 Å². The molecular formula is C28H27FN2O3. The third-order valence-electron chi connectivity index (χ3n) is 6.12. The van der Waals surface area contributed by atoms with Crippen molar-refractivity contribution in [3.05, 3.63) is 93.8 Å². The number of hydrogen-bond acceptors (Lipinski definition) is 4. The van der Waals surface area contributed by atoms with Crippen LogP contribution in [0.3, 0.4) is 0 Å². The number of rotatable bonds is 6. The molecule has 0 saturated heterocycles. The lowest BCUT2D eigenvalue weighted by molar-refractivity contribution is -0.384. The summed E-state index contributed by atoms with van der Waals surface area (Å²) >= 11 is 0. The topological polar surface area (TPSA) is 75.4 Å². The van der Waals surface area contributed by atoms with Gasteiger partial charge in [-0.25, -0.2) is 4.39 Å². The molecule has 0 atom stereocenters. The Morgan fingerprint density at radius 2 is 1.50 bits per heavy atom. The molecule has 4 aromatic rings. The van der Waals surface area contributed by atoms with Gasteiger partial charge in [-0.15, -0.1) is 0 Å².